The fourth-order valence-electron chi connectivity index (χ4n) is 1.16. The molecule has 0 aromatic heterocycles. The van der Waals surface area contributed by atoms with Crippen LogP contribution in [0, 0.1) is 5.92 Å². The highest BCUT2D eigenvalue weighted by atomic mass is 16.7. The second-order valence-corrected chi connectivity index (χ2v) is 3.80. The second-order valence-electron chi connectivity index (χ2n) is 3.80. The van der Waals surface area contributed by atoms with E-state index < -0.39 is 0 Å². The molecule has 1 aliphatic rings. The molecule has 3 nitrogen and oxygen atoms in total. The fraction of sp³-hybridized carbons (Fsp3) is 0.600. The quantitative estimate of drug-likeness (QED) is 0.721. The Hall–Kier alpha value is -0.960. The lowest BCUT2D eigenvalue weighted by atomic mass is 10.1. The molecule has 3 heteroatoms. The van der Waals surface area contributed by atoms with Crippen LogP contribution in [0.4, 0.5) is 0 Å². The van der Waals surface area contributed by atoms with E-state index in [0.717, 1.165) is 17.9 Å². The van der Waals surface area contributed by atoms with Crippen LogP contribution in [0.2, 0.25) is 0 Å². The number of nitrogens with two attached hydrogens (primary N) is 1. The van der Waals surface area contributed by atoms with Crippen LogP contribution in [0.5, 0.6) is 0 Å². The van der Waals surface area contributed by atoms with E-state index >= 15 is 0 Å². The van der Waals surface area contributed by atoms with Crippen molar-refractivity contribution in [2.45, 2.75) is 20.3 Å². The Bertz CT molecular complexity index is 231. The Kier molecular flexibility index (Phi) is 3.37. The Morgan fingerprint density at radius 2 is 2.31 bits per heavy atom. The van der Waals surface area contributed by atoms with Crippen LogP contribution in [0.25, 0.3) is 0 Å². The monoisotopic (exact) mass is 182 g/mol. The van der Waals surface area contributed by atoms with Crippen molar-refractivity contribution in [1.29, 1.82) is 0 Å². The highest BCUT2D eigenvalue weighted by molar-refractivity contribution is 5.21. The predicted molar refractivity (Wildman–Crippen MR) is 53.5 cm³/mol. The minimum atomic E-state index is 0.678. The van der Waals surface area contributed by atoms with Gasteiger partial charge in [-0.2, -0.15) is 0 Å². The van der Waals surface area contributed by atoms with Crippen molar-refractivity contribution in [3.8, 4) is 0 Å². The van der Waals surface area contributed by atoms with E-state index in [2.05, 4.69) is 19.9 Å². The Labute approximate surface area is 79.8 Å². The van der Waals surface area contributed by atoms with Crippen molar-refractivity contribution in [2.75, 3.05) is 13.6 Å². The molecule has 0 aromatic rings. The molecule has 1 rings (SSSR count). The third kappa shape index (κ3) is 3.11. The van der Waals surface area contributed by atoms with E-state index in [0.29, 0.717) is 12.5 Å². The Morgan fingerprint density at radius 1 is 1.62 bits per heavy atom. The Balaban J connectivity index is 2.45. The third-order valence-electron chi connectivity index (χ3n) is 1.84. The van der Waals surface area contributed by atoms with Gasteiger partial charge in [0.05, 0.1) is 12.2 Å². The minimum absolute atomic E-state index is 0.678. The summed E-state index contributed by atoms with van der Waals surface area (Å²) >= 11 is 0. The van der Waals surface area contributed by atoms with E-state index in [1.165, 1.54) is 0 Å². The largest absolute Gasteiger partial charge is 0.404 e. The fourth-order valence-corrected chi connectivity index (χ4v) is 1.16. The first-order valence-electron chi connectivity index (χ1n) is 4.64. The van der Waals surface area contributed by atoms with Crippen LogP contribution in [0.3, 0.4) is 0 Å². The lowest BCUT2D eigenvalue weighted by molar-refractivity contribution is -0.0614. The number of hydrogen-bond donors (Lipinski definition) is 1. The lowest BCUT2D eigenvalue weighted by Crippen LogP contribution is -2.14. The maximum Gasteiger partial charge on any atom is 0.167 e. The van der Waals surface area contributed by atoms with Crippen molar-refractivity contribution < 1.29 is 4.84 Å². The molecule has 0 saturated carbocycles. The molecule has 0 bridgehead atoms. The van der Waals surface area contributed by atoms with Crippen molar-refractivity contribution >= 4 is 0 Å². The van der Waals surface area contributed by atoms with E-state index in [1.54, 1.807) is 5.06 Å². The zero-order chi connectivity index (χ0) is 9.84. The van der Waals surface area contributed by atoms with E-state index in [9.17, 15) is 0 Å². The number of rotatable bonds is 3. The number of allylic oxidation sites excluding steroid dienone is 2. The van der Waals surface area contributed by atoms with Gasteiger partial charge in [-0.1, -0.05) is 19.9 Å². The topological polar surface area (TPSA) is 38.5 Å². The van der Waals surface area contributed by atoms with Crippen molar-refractivity contribution in [2.24, 2.45) is 11.7 Å². The average Bonchev–Trinajstić information content (AvgIpc) is 2.29. The van der Waals surface area contributed by atoms with Gasteiger partial charge < -0.3 is 10.6 Å². The summed E-state index contributed by atoms with van der Waals surface area (Å²) in [7, 11) is 1.87. The maximum absolute atomic E-state index is 5.75. The highest BCUT2D eigenvalue weighted by Gasteiger charge is 2.15. The molecule has 74 valence electrons. The van der Waals surface area contributed by atoms with Gasteiger partial charge in [0.25, 0.3) is 0 Å². The van der Waals surface area contributed by atoms with Crippen LogP contribution in [0.1, 0.15) is 20.3 Å². The number of hydrogen-bond acceptors (Lipinski definition) is 3. The van der Waals surface area contributed by atoms with E-state index in [4.69, 9.17) is 10.6 Å². The number of likely N-dealkylation sites (N-methyl/N-ethyl adjacent to an activating group) is 1. The van der Waals surface area contributed by atoms with Crippen molar-refractivity contribution in [1.82, 2.24) is 5.06 Å². The summed E-state index contributed by atoms with van der Waals surface area (Å²) in [6.45, 7) is 5.06. The van der Waals surface area contributed by atoms with Gasteiger partial charge in [-0.25, -0.2) is 0 Å². The minimum Gasteiger partial charge on any atom is -0.404 e. The molecule has 1 aliphatic heterocycles. The van der Waals surface area contributed by atoms with Crippen LogP contribution in [0.15, 0.2) is 23.6 Å². The molecule has 0 radical (unpaired) electrons. The SMILES string of the molecule is CC(C)C/C=C/C1=C(N)CN(C)O1. The zero-order valence-electron chi connectivity index (χ0n) is 8.58. The summed E-state index contributed by atoms with van der Waals surface area (Å²) in [6.07, 6.45) is 5.12. The molecule has 0 atom stereocenters. The summed E-state index contributed by atoms with van der Waals surface area (Å²) in [5.74, 6) is 1.47. The molecule has 0 spiro atoms. The van der Waals surface area contributed by atoms with Gasteiger partial charge in [0.2, 0.25) is 0 Å². The summed E-state index contributed by atoms with van der Waals surface area (Å²) in [5, 5.41) is 1.73. The van der Waals surface area contributed by atoms with Gasteiger partial charge in [-0.3, -0.25) is 0 Å². The molecular weight excluding hydrogens is 164 g/mol. The standard InChI is InChI=1S/C10H18N2O/c1-8(2)5-4-6-10-9(11)7-12(3)13-10/h4,6,8H,5,7,11H2,1-3H3/b6-4+. The van der Waals surface area contributed by atoms with Crippen molar-refractivity contribution in [3.63, 3.8) is 0 Å². The predicted octanol–water partition coefficient (Wildman–Crippen LogP) is 1.64. The molecule has 0 aliphatic carbocycles. The smallest absolute Gasteiger partial charge is 0.167 e. The molecule has 0 saturated heterocycles. The molecule has 0 amide bonds. The lowest BCUT2D eigenvalue weighted by Gasteiger charge is -2.06. The van der Waals surface area contributed by atoms with Gasteiger partial charge in [-0.05, 0) is 18.4 Å². The van der Waals surface area contributed by atoms with Gasteiger partial charge >= 0.3 is 0 Å². The van der Waals surface area contributed by atoms with Crippen LogP contribution in [-0.2, 0) is 4.84 Å². The molecule has 0 unspecified atom stereocenters. The zero-order valence-corrected chi connectivity index (χ0v) is 8.58. The van der Waals surface area contributed by atoms with Gasteiger partial charge in [-0.15, -0.1) is 5.06 Å². The van der Waals surface area contributed by atoms with Gasteiger partial charge in [0.15, 0.2) is 5.76 Å². The first-order chi connectivity index (χ1) is 6.09. The second kappa shape index (κ2) is 4.33. The van der Waals surface area contributed by atoms with E-state index in [-0.39, 0.29) is 0 Å². The summed E-state index contributed by atoms with van der Waals surface area (Å²) < 4.78 is 0. The van der Waals surface area contributed by atoms with Gasteiger partial charge in [0, 0.05) is 7.05 Å². The summed E-state index contributed by atoms with van der Waals surface area (Å²) in [5.41, 5.74) is 6.56. The molecule has 0 fully saturated rings. The molecule has 2 N–H and O–H groups in total. The molecule has 0 aromatic carbocycles. The molecule has 13 heavy (non-hydrogen) atoms. The van der Waals surface area contributed by atoms with E-state index in [1.807, 2.05) is 13.1 Å². The number of hydroxylamine groups is 2. The average molecular weight is 182 g/mol. The molecule has 1 heterocycles. The maximum atomic E-state index is 5.75. The first-order valence-corrected chi connectivity index (χ1v) is 4.64. The normalized spacial score (nSPS) is 19.1. The van der Waals surface area contributed by atoms with Crippen molar-refractivity contribution in [3.05, 3.63) is 23.6 Å². The highest BCUT2D eigenvalue weighted by Crippen LogP contribution is 2.15. The van der Waals surface area contributed by atoms with Gasteiger partial charge in [0.1, 0.15) is 0 Å². The Morgan fingerprint density at radius 3 is 2.77 bits per heavy atom. The first kappa shape index (κ1) is 10.1. The summed E-state index contributed by atoms with van der Waals surface area (Å²) in [6, 6.07) is 0. The van der Waals surface area contributed by atoms with Crippen LogP contribution < -0.4 is 5.73 Å². The summed E-state index contributed by atoms with van der Waals surface area (Å²) in [4.78, 5) is 5.36. The van der Waals surface area contributed by atoms with Crippen LogP contribution >= 0.6 is 0 Å². The third-order valence-corrected chi connectivity index (χ3v) is 1.84. The molecular formula is C10H18N2O. The number of nitrogens with zero attached hydrogens (tertiary/aromatic N) is 1. The van der Waals surface area contributed by atoms with Crippen LogP contribution in [-0.4, -0.2) is 18.7 Å².